The molecule has 0 radical (unpaired) electrons. The first kappa shape index (κ1) is 29.9. The van der Waals surface area contributed by atoms with E-state index in [-0.39, 0.29) is 17.0 Å². The van der Waals surface area contributed by atoms with Crippen LogP contribution in [0.3, 0.4) is 0 Å². The number of ether oxygens (including phenoxy) is 1. The van der Waals surface area contributed by atoms with Crippen LogP contribution in [-0.4, -0.2) is 93.3 Å². The average Bonchev–Trinajstić information content (AvgIpc) is 3.31. The largest absolute Gasteiger partial charge is 0.461 e. The lowest BCUT2D eigenvalue weighted by Crippen LogP contribution is -2.48. The van der Waals surface area contributed by atoms with E-state index in [4.69, 9.17) is 26.3 Å². The number of amides is 1. The number of fused-ring (bicyclic) bond motifs is 5. The summed E-state index contributed by atoms with van der Waals surface area (Å²) in [6, 6.07) is 9.43. The number of hydrogen-bond acceptors (Lipinski definition) is 8. The predicted molar refractivity (Wildman–Crippen MR) is 180 cm³/mol. The zero-order valence-corrected chi connectivity index (χ0v) is 28.7. The summed E-state index contributed by atoms with van der Waals surface area (Å²) in [4.78, 5) is 32.5. The fourth-order valence-electron chi connectivity index (χ4n) is 9.71. The Morgan fingerprint density at radius 1 is 1.04 bits per heavy atom. The number of benzene rings is 1. The number of aryl methyl sites for hydroxylation is 2. The molecule has 0 bridgehead atoms. The van der Waals surface area contributed by atoms with E-state index in [2.05, 4.69) is 51.1 Å². The van der Waals surface area contributed by atoms with Crippen molar-refractivity contribution in [3.63, 3.8) is 0 Å². The standard InChI is InChI=1S/C36H45ClN8O2/c1-41(2)32(46)30-29(37)28-20-43(15-7-17-45(28)40-30)31-25-19-42(3)36(12-10-24-8-4-5-9-26(24)36)18-27(25)38-33(39-31)47-23-35-11-6-16-44(35)22-34(21-35)13-14-34/h4-5,8-9H,6-7,10-23H2,1-3H3/t35-,36-/m0/s1. The third kappa shape index (κ3) is 4.65. The van der Waals surface area contributed by atoms with Crippen molar-refractivity contribution < 1.29 is 9.53 Å². The second-order valence-corrected chi connectivity index (χ2v) is 15.9. The minimum Gasteiger partial charge on any atom is -0.461 e. The van der Waals surface area contributed by atoms with Gasteiger partial charge in [0, 0.05) is 52.3 Å². The van der Waals surface area contributed by atoms with Crippen LogP contribution >= 0.6 is 11.6 Å². The third-order valence-corrected chi connectivity index (χ3v) is 12.8. The Morgan fingerprint density at radius 3 is 2.72 bits per heavy atom. The molecular weight excluding hydrogens is 612 g/mol. The lowest BCUT2D eigenvalue weighted by Gasteiger charge is -2.44. The zero-order valence-electron chi connectivity index (χ0n) is 27.9. The average molecular weight is 657 g/mol. The molecule has 0 unspecified atom stereocenters. The molecule has 2 atom stereocenters. The molecule has 1 amide bonds. The van der Waals surface area contributed by atoms with Crippen LogP contribution in [0.5, 0.6) is 6.01 Å². The van der Waals surface area contributed by atoms with Gasteiger partial charge in [0.1, 0.15) is 12.4 Å². The van der Waals surface area contributed by atoms with E-state index in [0.29, 0.717) is 41.8 Å². The summed E-state index contributed by atoms with van der Waals surface area (Å²) in [5, 5.41) is 5.10. The van der Waals surface area contributed by atoms with Gasteiger partial charge in [0.25, 0.3) is 5.91 Å². The number of aromatic nitrogens is 4. The molecule has 3 fully saturated rings. The quantitative estimate of drug-likeness (QED) is 0.392. The van der Waals surface area contributed by atoms with Gasteiger partial charge in [-0.3, -0.25) is 19.3 Å². The lowest BCUT2D eigenvalue weighted by molar-refractivity contribution is 0.0821. The van der Waals surface area contributed by atoms with Crippen LogP contribution in [0.15, 0.2) is 24.3 Å². The summed E-state index contributed by atoms with van der Waals surface area (Å²) >= 11 is 6.91. The van der Waals surface area contributed by atoms with E-state index in [1.54, 1.807) is 14.1 Å². The molecule has 248 valence electrons. The highest BCUT2D eigenvalue weighted by Gasteiger charge is 2.60. The number of halogens is 1. The van der Waals surface area contributed by atoms with Crippen molar-refractivity contribution in [1.82, 2.24) is 34.4 Å². The molecule has 2 spiro atoms. The van der Waals surface area contributed by atoms with Gasteiger partial charge in [0.05, 0.1) is 34.0 Å². The molecule has 4 aliphatic heterocycles. The molecule has 2 saturated heterocycles. The van der Waals surface area contributed by atoms with Gasteiger partial charge in [-0.2, -0.15) is 15.1 Å². The third-order valence-electron chi connectivity index (χ3n) is 12.4. The smallest absolute Gasteiger partial charge is 0.318 e. The second-order valence-electron chi connectivity index (χ2n) is 15.5. The highest BCUT2D eigenvalue weighted by atomic mass is 35.5. The van der Waals surface area contributed by atoms with Crippen LogP contribution in [0.4, 0.5) is 5.82 Å². The fraction of sp³-hybridized carbons (Fsp3) is 0.611. The lowest BCUT2D eigenvalue weighted by atomic mass is 9.81. The fourth-order valence-corrected chi connectivity index (χ4v) is 9.99. The van der Waals surface area contributed by atoms with Crippen molar-refractivity contribution in [2.75, 3.05) is 52.3 Å². The maximum atomic E-state index is 12.9. The van der Waals surface area contributed by atoms with Crippen molar-refractivity contribution in [2.24, 2.45) is 5.41 Å². The van der Waals surface area contributed by atoms with Crippen molar-refractivity contribution in [2.45, 2.75) is 88.5 Å². The maximum Gasteiger partial charge on any atom is 0.318 e. The molecule has 6 aliphatic rings. The van der Waals surface area contributed by atoms with Crippen molar-refractivity contribution >= 4 is 23.3 Å². The monoisotopic (exact) mass is 656 g/mol. The SMILES string of the molecule is CN(C)C(=O)c1nn2c(c1Cl)CN(c1nc(OC[C@@]34CCCN3CC3(CC3)C4)nc3c1CN(C)[C@@]1(CCc4ccccc41)C3)CCC2. The van der Waals surface area contributed by atoms with Crippen molar-refractivity contribution in [3.8, 4) is 6.01 Å². The Labute approximate surface area is 282 Å². The van der Waals surface area contributed by atoms with Gasteiger partial charge in [-0.15, -0.1) is 0 Å². The van der Waals surface area contributed by atoms with E-state index in [0.717, 1.165) is 56.0 Å². The molecule has 6 heterocycles. The Balaban J connectivity index is 1.10. The number of rotatable bonds is 5. The first-order valence-electron chi connectivity index (χ1n) is 17.5. The van der Waals surface area contributed by atoms with Crippen LogP contribution in [0.2, 0.25) is 5.02 Å². The van der Waals surface area contributed by atoms with Gasteiger partial charge in [0.15, 0.2) is 5.69 Å². The highest BCUT2D eigenvalue weighted by molar-refractivity contribution is 6.34. The number of hydrogen-bond donors (Lipinski definition) is 0. The van der Waals surface area contributed by atoms with Gasteiger partial charge in [-0.25, -0.2) is 0 Å². The molecule has 11 heteroatoms. The van der Waals surface area contributed by atoms with E-state index >= 15 is 0 Å². The zero-order chi connectivity index (χ0) is 32.1. The van der Waals surface area contributed by atoms with Crippen LogP contribution in [0.1, 0.15) is 83.5 Å². The number of nitrogens with zero attached hydrogens (tertiary/aromatic N) is 8. The van der Waals surface area contributed by atoms with Gasteiger partial charge in [0.2, 0.25) is 0 Å². The molecule has 1 aromatic carbocycles. The number of carbonyl (C=O) groups excluding carboxylic acids is 1. The summed E-state index contributed by atoms with van der Waals surface area (Å²) in [7, 11) is 5.72. The Morgan fingerprint density at radius 2 is 1.89 bits per heavy atom. The summed E-state index contributed by atoms with van der Waals surface area (Å²) in [5.74, 6) is 0.747. The predicted octanol–water partition coefficient (Wildman–Crippen LogP) is 4.67. The van der Waals surface area contributed by atoms with Gasteiger partial charge >= 0.3 is 6.01 Å². The topological polar surface area (TPSA) is 82.9 Å². The van der Waals surface area contributed by atoms with Crippen molar-refractivity contribution in [3.05, 3.63) is 63.1 Å². The van der Waals surface area contributed by atoms with Gasteiger partial charge in [-0.1, -0.05) is 35.9 Å². The maximum absolute atomic E-state index is 12.9. The molecule has 3 aromatic rings. The van der Waals surface area contributed by atoms with E-state index in [1.165, 1.54) is 66.8 Å². The normalized spacial score (nSPS) is 27.4. The Hall–Kier alpha value is -3.21. The summed E-state index contributed by atoms with van der Waals surface area (Å²) in [6.07, 6.45) is 10.3. The molecule has 1 saturated carbocycles. The van der Waals surface area contributed by atoms with Crippen LogP contribution in [0.25, 0.3) is 0 Å². The second kappa shape index (κ2) is 10.6. The van der Waals surface area contributed by atoms with Gasteiger partial charge < -0.3 is 14.5 Å². The molecule has 2 aliphatic carbocycles. The number of anilines is 1. The van der Waals surface area contributed by atoms with E-state index in [1.807, 2.05) is 4.68 Å². The Bertz CT molecular complexity index is 1770. The molecule has 10 nitrogen and oxygen atoms in total. The molecular formula is C36H45ClN8O2. The number of likely N-dealkylation sites (N-methyl/N-ethyl adjacent to an activating group) is 1. The molecule has 0 N–H and O–H groups in total. The summed E-state index contributed by atoms with van der Waals surface area (Å²) in [5.41, 5.74) is 6.87. The summed E-state index contributed by atoms with van der Waals surface area (Å²) in [6.45, 7) is 5.83. The van der Waals surface area contributed by atoms with Crippen molar-refractivity contribution in [1.29, 1.82) is 0 Å². The van der Waals surface area contributed by atoms with Gasteiger partial charge in [-0.05, 0) is 81.5 Å². The summed E-state index contributed by atoms with van der Waals surface area (Å²) < 4.78 is 8.67. The molecule has 9 rings (SSSR count). The Kier molecular flexibility index (Phi) is 6.77. The minimum atomic E-state index is -0.179. The highest BCUT2D eigenvalue weighted by Crippen LogP contribution is 2.60. The van der Waals surface area contributed by atoms with E-state index in [9.17, 15) is 4.79 Å². The molecule has 2 aromatic heterocycles. The first-order valence-corrected chi connectivity index (χ1v) is 17.9. The van der Waals surface area contributed by atoms with Crippen LogP contribution < -0.4 is 9.64 Å². The first-order chi connectivity index (χ1) is 22.7. The molecule has 47 heavy (non-hydrogen) atoms. The van der Waals surface area contributed by atoms with Crippen LogP contribution in [0, 0.1) is 5.41 Å². The minimum absolute atomic E-state index is 0.0839. The van der Waals surface area contributed by atoms with E-state index < -0.39 is 0 Å². The number of carbonyl (C=O) groups is 1. The van der Waals surface area contributed by atoms with Crippen LogP contribution in [-0.2, 0) is 38.0 Å².